The van der Waals surface area contributed by atoms with Gasteiger partial charge >= 0.3 is 0 Å². The highest BCUT2D eigenvalue weighted by atomic mass is 32.2. The summed E-state index contributed by atoms with van der Waals surface area (Å²) in [4.78, 5) is 17.2. The molecule has 4 rings (SSSR count). The molecule has 2 atom stereocenters. The zero-order valence-electron chi connectivity index (χ0n) is 20.6. The molecule has 0 bridgehead atoms. The van der Waals surface area contributed by atoms with E-state index in [1.54, 1.807) is 26.0 Å². The molecule has 0 spiro atoms. The standard InChI is InChI=1S/C27H31N3O5S/c1-4-18-10-12-21(13-11-18)36(33,34)30-23-22-16-20(17-29-26(22)35-27(2,3)24(23)31)25(32)28-15-14-19-8-6-5-7-9-19/h5-13,16-17,23-24,30-31H,4,14-15H2,1-3H3,(H,28,32)/t23-,24+/m1/s1. The van der Waals surface area contributed by atoms with Crippen LogP contribution in [0.1, 0.15) is 53.9 Å². The monoisotopic (exact) mass is 509 g/mol. The lowest BCUT2D eigenvalue weighted by Gasteiger charge is -2.41. The molecule has 0 unspecified atom stereocenters. The molecule has 8 nitrogen and oxygen atoms in total. The number of sulfonamides is 1. The average molecular weight is 510 g/mol. The van der Waals surface area contributed by atoms with Crippen molar-refractivity contribution < 1.29 is 23.1 Å². The zero-order chi connectivity index (χ0) is 25.9. The van der Waals surface area contributed by atoms with Crippen LogP contribution < -0.4 is 14.8 Å². The molecule has 36 heavy (non-hydrogen) atoms. The van der Waals surface area contributed by atoms with E-state index in [4.69, 9.17) is 4.74 Å². The van der Waals surface area contributed by atoms with Crippen LogP contribution in [0.3, 0.4) is 0 Å². The second-order valence-corrected chi connectivity index (χ2v) is 11.1. The first-order valence-electron chi connectivity index (χ1n) is 11.9. The second kappa shape index (κ2) is 10.4. The quantitative estimate of drug-likeness (QED) is 0.429. The minimum atomic E-state index is -3.98. The summed E-state index contributed by atoms with van der Waals surface area (Å²) in [5.74, 6) is -0.183. The third kappa shape index (κ3) is 5.59. The van der Waals surface area contributed by atoms with Crippen LogP contribution >= 0.6 is 0 Å². The Bertz CT molecular complexity index is 1330. The van der Waals surface area contributed by atoms with Crippen molar-refractivity contribution in [1.29, 1.82) is 0 Å². The lowest BCUT2D eigenvalue weighted by molar-refractivity contribution is -0.0632. The van der Waals surface area contributed by atoms with Gasteiger partial charge in [-0.1, -0.05) is 49.4 Å². The van der Waals surface area contributed by atoms with Crippen LogP contribution in [0.4, 0.5) is 0 Å². The van der Waals surface area contributed by atoms with Crippen LogP contribution in [0.25, 0.3) is 0 Å². The lowest BCUT2D eigenvalue weighted by atomic mass is 9.88. The van der Waals surface area contributed by atoms with Crippen molar-refractivity contribution in [3.63, 3.8) is 0 Å². The Hall–Kier alpha value is -3.27. The number of aryl methyl sites for hydroxylation is 1. The van der Waals surface area contributed by atoms with Crippen molar-refractivity contribution >= 4 is 15.9 Å². The van der Waals surface area contributed by atoms with E-state index in [-0.39, 0.29) is 22.2 Å². The molecule has 1 amide bonds. The molecule has 0 saturated carbocycles. The third-order valence-corrected chi connectivity index (χ3v) is 7.79. The van der Waals surface area contributed by atoms with Gasteiger partial charge in [0, 0.05) is 18.3 Å². The Morgan fingerprint density at radius 1 is 1.08 bits per heavy atom. The molecule has 0 aliphatic carbocycles. The number of amides is 1. The van der Waals surface area contributed by atoms with Gasteiger partial charge in [-0.05, 0) is 56.0 Å². The minimum absolute atomic E-state index is 0.0838. The molecule has 1 aliphatic rings. The Kier molecular flexibility index (Phi) is 7.44. The van der Waals surface area contributed by atoms with E-state index in [1.807, 2.05) is 37.3 Å². The van der Waals surface area contributed by atoms with Crippen molar-refractivity contribution in [3.8, 4) is 5.88 Å². The number of aliphatic hydroxyl groups is 1. The number of carbonyl (C=O) groups excluding carboxylic acids is 1. The number of ether oxygens (including phenoxy) is 1. The van der Waals surface area contributed by atoms with Gasteiger partial charge in [-0.25, -0.2) is 18.1 Å². The molecule has 0 fully saturated rings. The Labute approximate surface area is 211 Å². The van der Waals surface area contributed by atoms with Crippen molar-refractivity contribution in [2.75, 3.05) is 6.54 Å². The predicted octanol–water partition coefficient (Wildman–Crippen LogP) is 3.17. The highest BCUT2D eigenvalue weighted by molar-refractivity contribution is 7.89. The summed E-state index contributed by atoms with van der Waals surface area (Å²) in [6.45, 7) is 5.73. The number of aromatic nitrogens is 1. The fourth-order valence-corrected chi connectivity index (χ4v) is 5.34. The molecule has 3 aromatic rings. The van der Waals surface area contributed by atoms with E-state index in [9.17, 15) is 18.3 Å². The molecule has 1 aliphatic heterocycles. The molecule has 9 heteroatoms. The van der Waals surface area contributed by atoms with Crippen LogP contribution in [0.5, 0.6) is 5.88 Å². The highest BCUT2D eigenvalue weighted by Crippen LogP contribution is 2.39. The first-order valence-corrected chi connectivity index (χ1v) is 13.4. The van der Waals surface area contributed by atoms with Gasteiger partial charge < -0.3 is 15.2 Å². The largest absolute Gasteiger partial charge is 0.469 e. The van der Waals surface area contributed by atoms with Gasteiger partial charge in [0.2, 0.25) is 15.9 Å². The van der Waals surface area contributed by atoms with Crippen LogP contribution in [0.15, 0.2) is 71.8 Å². The van der Waals surface area contributed by atoms with Gasteiger partial charge in [0.05, 0.1) is 16.5 Å². The number of benzene rings is 2. The van der Waals surface area contributed by atoms with Gasteiger partial charge in [0.25, 0.3) is 5.91 Å². The molecule has 0 saturated heterocycles. The number of pyridine rings is 1. The van der Waals surface area contributed by atoms with Gasteiger partial charge in [-0.2, -0.15) is 0 Å². The van der Waals surface area contributed by atoms with Gasteiger partial charge in [0.15, 0.2) is 0 Å². The van der Waals surface area contributed by atoms with Gasteiger partial charge in [0.1, 0.15) is 11.7 Å². The summed E-state index contributed by atoms with van der Waals surface area (Å²) >= 11 is 0. The van der Waals surface area contributed by atoms with Crippen molar-refractivity contribution in [1.82, 2.24) is 15.0 Å². The van der Waals surface area contributed by atoms with E-state index in [1.165, 1.54) is 24.4 Å². The molecule has 0 radical (unpaired) electrons. The first-order chi connectivity index (χ1) is 17.1. The normalized spacial score (nSPS) is 18.7. The summed E-state index contributed by atoms with van der Waals surface area (Å²) < 4.78 is 34.9. The summed E-state index contributed by atoms with van der Waals surface area (Å²) in [5, 5.41) is 13.9. The maximum Gasteiger partial charge on any atom is 0.252 e. The SMILES string of the molecule is CCc1ccc(S(=O)(=O)N[C@@H]2c3cc(C(=O)NCCc4ccccc4)cnc3OC(C)(C)[C@H]2O)cc1. The lowest BCUT2D eigenvalue weighted by Crippen LogP contribution is -2.53. The van der Waals surface area contributed by atoms with Crippen molar-refractivity contribution in [3.05, 3.63) is 89.1 Å². The van der Waals surface area contributed by atoms with E-state index in [0.29, 0.717) is 18.5 Å². The molecule has 2 aromatic carbocycles. The predicted molar refractivity (Wildman–Crippen MR) is 136 cm³/mol. The van der Waals surface area contributed by atoms with Crippen LogP contribution in [-0.4, -0.2) is 42.7 Å². The highest BCUT2D eigenvalue weighted by Gasteiger charge is 2.45. The van der Waals surface area contributed by atoms with E-state index in [0.717, 1.165) is 17.5 Å². The molecule has 1 aromatic heterocycles. The number of hydrogen-bond donors (Lipinski definition) is 3. The molecular formula is C27H31N3O5S. The summed E-state index contributed by atoms with van der Waals surface area (Å²) in [5.41, 5.74) is 1.54. The third-order valence-electron chi connectivity index (χ3n) is 6.33. The van der Waals surface area contributed by atoms with Crippen LogP contribution in [0, 0.1) is 0 Å². The number of hydrogen-bond acceptors (Lipinski definition) is 6. The number of nitrogens with one attached hydrogen (secondary N) is 2. The van der Waals surface area contributed by atoms with Gasteiger partial charge in [-0.15, -0.1) is 0 Å². The Balaban J connectivity index is 1.58. The number of nitrogens with zero attached hydrogens (tertiary/aromatic N) is 1. The number of rotatable bonds is 8. The van der Waals surface area contributed by atoms with Crippen molar-refractivity contribution in [2.24, 2.45) is 0 Å². The molecule has 2 heterocycles. The number of fused-ring (bicyclic) bond motifs is 1. The van der Waals surface area contributed by atoms with Gasteiger partial charge in [-0.3, -0.25) is 4.79 Å². The summed E-state index contributed by atoms with van der Waals surface area (Å²) in [6, 6.07) is 16.8. The van der Waals surface area contributed by atoms with E-state index >= 15 is 0 Å². The first kappa shape index (κ1) is 25.8. The smallest absolute Gasteiger partial charge is 0.252 e. The van der Waals surface area contributed by atoms with Crippen molar-refractivity contribution in [2.45, 2.75) is 56.3 Å². The summed E-state index contributed by atoms with van der Waals surface area (Å²) in [7, 11) is -3.98. The van der Waals surface area contributed by atoms with Crippen LogP contribution in [-0.2, 0) is 22.9 Å². The summed E-state index contributed by atoms with van der Waals surface area (Å²) in [6.07, 6.45) is 1.61. The topological polar surface area (TPSA) is 118 Å². The number of aliphatic hydroxyl groups excluding tert-OH is 1. The average Bonchev–Trinajstić information content (AvgIpc) is 2.87. The second-order valence-electron chi connectivity index (χ2n) is 9.36. The Morgan fingerprint density at radius 3 is 2.44 bits per heavy atom. The van der Waals surface area contributed by atoms with Crippen LogP contribution in [0.2, 0.25) is 0 Å². The molecule has 3 N–H and O–H groups in total. The number of carbonyl (C=O) groups is 1. The zero-order valence-corrected chi connectivity index (χ0v) is 21.4. The maximum absolute atomic E-state index is 13.2. The van der Waals surface area contributed by atoms with E-state index < -0.39 is 27.8 Å². The minimum Gasteiger partial charge on any atom is -0.469 e. The molecular weight excluding hydrogens is 478 g/mol. The molecule has 190 valence electrons. The Morgan fingerprint density at radius 2 is 1.78 bits per heavy atom. The maximum atomic E-state index is 13.2. The fraction of sp³-hybridized carbons (Fsp3) is 0.333. The fourth-order valence-electron chi connectivity index (χ4n) is 4.12. The van der Waals surface area contributed by atoms with E-state index in [2.05, 4.69) is 15.0 Å².